The second kappa shape index (κ2) is 12.5. The predicted octanol–water partition coefficient (Wildman–Crippen LogP) is 5.24. The van der Waals surface area contributed by atoms with Gasteiger partial charge in [0.05, 0.1) is 11.9 Å². The number of aryl methyl sites for hydroxylation is 2. The van der Waals surface area contributed by atoms with Gasteiger partial charge in [0.25, 0.3) is 0 Å². The zero-order valence-corrected chi connectivity index (χ0v) is 24.1. The van der Waals surface area contributed by atoms with E-state index in [4.69, 9.17) is 23.2 Å². The van der Waals surface area contributed by atoms with Gasteiger partial charge >= 0.3 is 0 Å². The number of nitrogens with one attached hydrogen (secondary N) is 1. The number of halogens is 2. The molecule has 0 aromatic heterocycles. The van der Waals surface area contributed by atoms with Crippen LogP contribution in [-0.4, -0.2) is 50.0 Å². The van der Waals surface area contributed by atoms with E-state index in [9.17, 15) is 18.0 Å². The SMILES string of the molecule is CC[C@@H](C(=O)NC1CCCC1)N(Cc1c(Cl)cccc1Cl)C(=O)CN(c1c(C)cccc1C)S(C)(=O)=O. The second-order valence-corrected chi connectivity index (χ2v) is 12.4. The summed E-state index contributed by atoms with van der Waals surface area (Å²) in [6.07, 6.45) is 5.33. The number of hydrogen-bond acceptors (Lipinski definition) is 4. The van der Waals surface area contributed by atoms with Gasteiger partial charge in [0.1, 0.15) is 12.6 Å². The minimum absolute atomic E-state index is 0.0295. The first-order valence-electron chi connectivity index (χ1n) is 12.5. The van der Waals surface area contributed by atoms with Gasteiger partial charge in [-0.3, -0.25) is 13.9 Å². The zero-order chi connectivity index (χ0) is 27.3. The van der Waals surface area contributed by atoms with Crippen LogP contribution in [-0.2, 0) is 26.2 Å². The van der Waals surface area contributed by atoms with Crippen LogP contribution in [0.4, 0.5) is 5.69 Å². The molecule has 2 aromatic rings. The molecule has 37 heavy (non-hydrogen) atoms. The summed E-state index contributed by atoms with van der Waals surface area (Å²) in [4.78, 5) is 28.7. The van der Waals surface area contributed by atoms with Gasteiger partial charge in [-0.2, -0.15) is 0 Å². The van der Waals surface area contributed by atoms with Crippen molar-refractivity contribution in [2.45, 2.75) is 71.5 Å². The van der Waals surface area contributed by atoms with Crippen molar-refractivity contribution in [3.63, 3.8) is 0 Å². The van der Waals surface area contributed by atoms with E-state index in [0.29, 0.717) is 27.7 Å². The molecule has 2 aromatic carbocycles. The molecule has 1 aliphatic rings. The van der Waals surface area contributed by atoms with Gasteiger partial charge < -0.3 is 10.2 Å². The van der Waals surface area contributed by atoms with E-state index in [1.165, 1.54) is 4.90 Å². The smallest absolute Gasteiger partial charge is 0.244 e. The molecule has 1 fully saturated rings. The number of anilines is 1. The highest BCUT2D eigenvalue weighted by Crippen LogP contribution is 2.30. The molecule has 0 spiro atoms. The van der Waals surface area contributed by atoms with Crippen molar-refractivity contribution >= 4 is 50.7 Å². The van der Waals surface area contributed by atoms with Gasteiger partial charge in [-0.15, -0.1) is 0 Å². The number of rotatable bonds is 10. The van der Waals surface area contributed by atoms with Crippen molar-refractivity contribution in [1.82, 2.24) is 10.2 Å². The molecule has 1 aliphatic carbocycles. The van der Waals surface area contributed by atoms with Gasteiger partial charge in [0, 0.05) is 28.2 Å². The van der Waals surface area contributed by atoms with E-state index in [1.54, 1.807) is 44.2 Å². The molecule has 3 rings (SSSR count). The molecule has 0 bridgehead atoms. The van der Waals surface area contributed by atoms with Crippen molar-refractivity contribution < 1.29 is 18.0 Å². The van der Waals surface area contributed by atoms with Crippen LogP contribution in [0.1, 0.15) is 55.7 Å². The van der Waals surface area contributed by atoms with E-state index < -0.39 is 28.5 Å². The lowest BCUT2D eigenvalue weighted by Gasteiger charge is -2.34. The predicted molar refractivity (Wildman–Crippen MR) is 150 cm³/mol. The topological polar surface area (TPSA) is 86.8 Å². The molecule has 0 saturated heterocycles. The van der Waals surface area contributed by atoms with Crippen molar-refractivity contribution in [2.24, 2.45) is 0 Å². The Morgan fingerprint density at radius 3 is 2.08 bits per heavy atom. The van der Waals surface area contributed by atoms with Crippen LogP contribution in [0, 0.1) is 13.8 Å². The number of amides is 2. The molecular weight excluding hydrogens is 533 g/mol. The summed E-state index contributed by atoms with van der Waals surface area (Å²) in [7, 11) is -3.82. The van der Waals surface area contributed by atoms with Crippen LogP contribution < -0.4 is 9.62 Å². The number of nitrogens with zero attached hydrogens (tertiary/aromatic N) is 2. The standard InChI is InChI=1S/C27H35Cl2N3O4S/c1-5-24(27(34)30-20-12-6-7-13-20)31(16-21-22(28)14-9-15-23(21)29)25(33)17-32(37(4,35)36)26-18(2)10-8-11-19(26)3/h8-11,14-15,20,24H,5-7,12-13,16-17H2,1-4H3,(H,30,34)/t24-/m0/s1. The van der Waals surface area contributed by atoms with Crippen LogP contribution in [0.3, 0.4) is 0 Å². The summed E-state index contributed by atoms with van der Waals surface area (Å²) >= 11 is 12.9. The number of hydrogen-bond donors (Lipinski definition) is 1. The van der Waals surface area contributed by atoms with Crippen LogP contribution >= 0.6 is 23.2 Å². The third-order valence-corrected chi connectivity index (χ3v) is 8.67. The summed E-state index contributed by atoms with van der Waals surface area (Å²) in [5.74, 6) is -0.776. The van der Waals surface area contributed by atoms with Gasteiger partial charge in [-0.1, -0.05) is 67.2 Å². The van der Waals surface area contributed by atoms with Crippen molar-refractivity contribution in [3.8, 4) is 0 Å². The first-order valence-corrected chi connectivity index (χ1v) is 15.1. The van der Waals surface area contributed by atoms with Crippen molar-refractivity contribution in [3.05, 3.63) is 63.1 Å². The number of carbonyl (C=O) groups excluding carboxylic acids is 2. The van der Waals surface area contributed by atoms with E-state index in [2.05, 4.69) is 5.32 Å². The molecule has 1 atom stereocenters. The lowest BCUT2D eigenvalue weighted by atomic mass is 10.1. The number of carbonyl (C=O) groups is 2. The monoisotopic (exact) mass is 567 g/mol. The first kappa shape index (κ1) is 29.3. The van der Waals surface area contributed by atoms with E-state index >= 15 is 0 Å². The van der Waals surface area contributed by atoms with E-state index in [1.807, 2.05) is 13.0 Å². The molecule has 7 nitrogen and oxygen atoms in total. The molecule has 0 radical (unpaired) electrons. The summed E-state index contributed by atoms with van der Waals surface area (Å²) in [6, 6.07) is 9.74. The van der Waals surface area contributed by atoms with Crippen molar-refractivity contribution in [1.29, 1.82) is 0 Å². The fourth-order valence-electron chi connectivity index (χ4n) is 4.92. The van der Waals surface area contributed by atoms with E-state index in [-0.39, 0.29) is 18.5 Å². The zero-order valence-electron chi connectivity index (χ0n) is 21.8. The molecule has 1 N–H and O–H groups in total. The van der Waals surface area contributed by atoms with Crippen molar-refractivity contribution in [2.75, 3.05) is 17.1 Å². The molecule has 0 aliphatic heterocycles. The fourth-order valence-corrected chi connectivity index (χ4v) is 6.40. The Balaban J connectivity index is 2.01. The minimum Gasteiger partial charge on any atom is -0.352 e. The molecule has 0 unspecified atom stereocenters. The highest BCUT2D eigenvalue weighted by molar-refractivity contribution is 7.92. The largest absolute Gasteiger partial charge is 0.352 e. The minimum atomic E-state index is -3.82. The van der Waals surface area contributed by atoms with Crippen LogP contribution in [0.5, 0.6) is 0 Å². The van der Waals surface area contributed by atoms with Gasteiger partial charge in [-0.05, 0) is 56.4 Å². The Morgan fingerprint density at radius 2 is 1.57 bits per heavy atom. The lowest BCUT2D eigenvalue weighted by molar-refractivity contribution is -0.140. The third-order valence-electron chi connectivity index (χ3n) is 6.85. The summed E-state index contributed by atoms with van der Waals surface area (Å²) in [5, 5.41) is 3.82. The molecule has 0 heterocycles. The normalized spacial score (nSPS) is 14.9. The average molecular weight is 569 g/mol. The maximum absolute atomic E-state index is 13.9. The Labute approximate surface area is 230 Å². The van der Waals surface area contributed by atoms with Crippen LogP contribution in [0.2, 0.25) is 10.0 Å². The van der Waals surface area contributed by atoms with Crippen LogP contribution in [0.25, 0.3) is 0 Å². The molecular formula is C27H35Cl2N3O4S. The average Bonchev–Trinajstić information content (AvgIpc) is 3.32. The maximum atomic E-state index is 13.9. The highest BCUT2D eigenvalue weighted by atomic mass is 35.5. The number of sulfonamides is 1. The quantitative estimate of drug-likeness (QED) is 0.425. The number of benzene rings is 2. The number of para-hydroxylation sites is 1. The second-order valence-electron chi connectivity index (χ2n) is 9.65. The van der Waals surface area contributed by atoms with Gasteiger partial charge in [0.15, 0.2) is 0 Å². The lowest BCUT2D eigenvalue weighted by Crippen LogP contribution is -2.53. The molecule has 2 amide bonds. The summed E-state index contributed by atoms with van der Waals surface area (Å²) in [6.45, 7) is 4.94. The van der Waals surface area contributed by atoms with Gasteiger partial charge in [0.2, 0.25) is 21.8 Å². The van der Waals surface area contributed by atoms with E-state index in [0.717, 1.165) is 47.4 Å². The molecule has 202 valence electrons. The Bertz CT molecular complexity index is 1210. The Kier molecular flexibility index (Phi) is 9.89. The maximum Gasteiger partial charge on any atom is 0.244 e. The van der Waals surface area contributed by atoms with Gasteiger partial charge in [-0.25, -0.2) is 8.42 Å². The summed E-state index contributed by atoms with van der Waals surface area (Å²) < 4.78 is 26.9. The fraction of sp³-hybridized carbons (Fsp3) is 0.481. The third kappa shape index (κ3) is 7.18. The Hall–Kier alpha value is -2.29. The Morgan fingerprint density at radius 1 is 1.03 bits per heavy atom. The first-order chi connectivity index (χ1) is 17.4. The van der Waals surface area contributed by atoms with Crippen LogP contribution in [0.15, 0.2) is 36.4 Å². The highest BCUT2D eigenvalue weighted by Gasteiger charge is 2.34. The molecule has 10 heteroatoms. The summed E-state index contributed by atoms with van der Waals surface area (Å²) in [5.41, 5.74) is 2.41. The molecule has 1 saturated carbocycles.